The Kier molecular flexibility index (Phi) is 4.00. The van der Waals surface area contributed by atoms with Gasteiger partial charge < -0.3 is 4.90 Å². The number of hydrogen-bond acceptors (Lipinski definition) is 4. The van der Waals surface area contributed by atoms with Crippen molar-refractivity contribution >= 4 is 5.91 Å². The average Bonchev–Trinajstić information content (AvgIpc) is 2.47. The molecular weight excluding hydrogens is 259 g/mol. The zero-order chi connectivity index (χ0) is 14.8. The van der Waals surface area contributed by atoms with Crippen LogP contribution in [0.15, 0.2) is 18.5 Å². The van der Waals surface area contributed by atoms with E-state index in [0.29, 0.717) is 26.2 Å². The SMILES string of the molecule is CC(C)(C#N)N1CCN(C(=O)c2ccncc2F)CC1. The number of pyridine rings is 1. The van der Waals surface area contributed by atoms with Crippen LogP contribution in [0.5, 0.6) is 0 Å². The van der Waals surface area contributed by atoms with E-state index in [4.69, 9.17) is 5.26 Å². The second-order valence-corrected chi connectivity index (χ2v) is 5.31. The molecule has 0 aliphatic carbocycles. The molecule has 1 aromatic heterocycles. The monoisotopic (exact) mass is 276 g/mol. The summed E-state index contributed by atoms with van der Waals surface area (Å²) < 4.78 is 13.6. The lowest BCUT2D eigenvalue weighted by atomic mass is 10.0. The van der Waals surface area contributed by atoms with Crippen molar-refractivity contribution in [1.29, 1.82) is 5.26 Å². The van der Waals surface area contributed by atoms with Gasteiger partial charge in [0.15, 0.2) is 5.82 Å². The Labute approximate surface area is 117 Å². The molecule has 0 bridgehead atoms. The quantitative estimate of drug-likeness (QED) is 0.816. The van der Waals surface area contributed by atoms with Crippen molar-refractivity contribution in [2.75, 3.05) is 26.2 Å². The summed E-state index contributed by atoms with van der Waals surface area (Å²) in [5.41, 5.74) is -0.496. The van der Waals surface area contributed by atoms with Gasteiger partial charge in [-0.25, -0.2) is 4.39 Å². The number of nitrogens with zero attached hydrogens (tertiary/aromatic N) is 4. The second kappa shape index (κ2) is 5.55. The van der Waals surface area contributed by atoms with Crippen LogP contribution in [-0.2, 0) is 0 Å². The van der Waals surface area contributed by atoms with E-state index in [9.17, 15) is 9.18 Å². The third-order valence-corrected chi connectivity index (χ3v) is 3.63. The Hall–Kier alpha value is -2.00. The number of amides is 1. The molecule has 2 heterocycles. The van der Waals surface area contributed by atoms with Gasteiger partial charge in [0.05, 0.1) is 17.8 Å². The van der Waals surface area contributed by atoms with E-state index in [-0.39, 0.29) is 11.5 Å². The molecule has 1 saturated heterocycles. The molecule has 0 N–H and O–H groups in total. The Balaban J connectivity index is 2.03. The lowest BCUT2D eigenvalue weighted by Gasteiger charge is -2.40. The first-order chi connectivity index (χ1) is 9.45. The highest BCUT2D eigenvalue weighted by molar-refractivity contribution is 5.94. The van der Waals surface area contributed by atoms with Crippen LogP contribution < -0.4 is 0 Å². The van der Waals surface area contributed by atoms with E-state index in [1.807, 2.05) is 18.7 Å². The second-order valence-electron chi connectivity index (χ2n) is 5.31. The maximum absolute atomic E-state index is 13.6. The van der Waals surface area contributed by atoms with E-state index in [0.717, 1.165) is 6.20 Å². The molecule has 5 nitrogen and oxygen atoms in total. The summed E-state index contributed by atoms with van der Waals surface area (Å²) in [7, 11) is 0. The first kappa shape index (κ1) is 14.4. The highest BCUT2D eigenvalue weighted by atomic mass is 19.1. The summed E-state index contributed by atoms with van der Waals surface area (Å²) in [6.45, 7) is 5.91. The van der Waals surface area contributed by atoms with Gasteiger partial charge in [-0.15, -0.1) is 0 Å². The van der Waals surface area contributed by atoms with E-state index in [2.05, 4.69) is 11.1 Å². The molecule has 1 aliphatic rings. The summed E-state index contributed by atoms with van der Waals surface area (Å²) >= 11 is 0. The lowest BCUT2D eigenvalue weighted by Crippen LogP contribution is -2.55. The first-order valence-corrected chi connectivity index (χ1v) is 6.51. The summed E-state index contributed by atoms with van der Waals surface area (Å²) in [4.78, 5) is 19.5. The molecule has 1 aliphatic heterocycles. The van der Waals surface area contributed by atoms with Crippen LogP contribution in [0.4, 0.5) is 4.39 Å². The summed E-state index contributed by atoms with van der Waals surface area (Å²) in [6, 6.07) is 3.64. The van der Waals surface area contributed by atoms with Crippen molar-refractivity contribution in [3.05, 3.63) is 29.8 Å². The van der Waals surface area contributed by atoms with E-state index < -0.39 is 11.4 Å². The molecule has 0 radical (unpaired) electrons. The van der Waals surface area contributed by atoms with Crippen LogP contribution in [-0.4, -0.2) is 52.4 Å². The van der Waals surface area contributed by atoms with Gasteiger partial charge in [0.2, 0.25) is 0 Å². The van der Waals surface area contributed by atoms with E-state index >= 15 is 0 Å². The molecule has 0 spiro atoms. The number of halogens is 1. The van der Waals surface area contributed by atoms with Crippen molar-refractivity contribution in [2.24, 2.45) is 0 Å². The molecule has 0 saturated carbocycles. The molecule has 0 atom stereocenters. The van der Waals surface area contributed by atoms with Gasteiger partial charge >= 0.3 is 0 Å². The largest absolute Gasteiger partial charge is 0.336 e. The van der Waals surface area contributed by atoms with Gasteiger partial charge in [0.1, 0.15) is 5.54 Å². The number of piperazine rings is 1. The Morgan fingerprint density at radius 3 is 2.60 bits per heavy atom. The highest BCUT2D eigenvalue weighted by Crippen LogP contribution is 2.17. The van der Waals surface area contributed by atoms with Gasteiger partial charge in [-0.2, -0.15) is 5.26 Å². The average molecular weight is 276 g/mol. The zero-order valence-corrected chi connectivity index (χ0v) is 11.6. The molecular formula is C14H17FN4O. The number of rotatable bonds is 2. The highest BCUT2D eigenvalue weighted by Gasteiger charge is 2.31. The molecule has 1 aromatic rings. The fraction of sp³-hybridized carbons (Fsp3) is 0.500. The van der Waals surface area contributed by atoms with Crippen LogP contribution in [0.3, 0.4) is 0 Å². The minimum atomic E-state index is -0.600. The molecule has 6 heteroatoms. The van der Waals surface area contributed by atoms with Gasteiger partial charge in [0.25, 0.3) is 5.91 Å². The normalized spacial score (nSPS) is 16.8. The molecule has 2 rings (SSSR count). The van der Waals surface area contributed by atoms with Crippen molar-refractivity contribution in [3.63, 3.8) is 0 Å². The standard InChI is InChI=1S/C14H17FN4O/c1-14(2,10-16)19-7-5-18(6-8-19)13(20)11-3-4-17-9-12(11)15/h3-4,9H,5-8H2,1-2H3. The van der Waals surface area contributed by atoms with Crippen LogP contribution >= 0.6 is 0 Å². The molecule has 106 valence electrons. The van der Waals surface area contributed by atoms with Crippen LogP contribution in [0.25, 0.3) is 0 Å². The first-order valence-electron chi connectivity index (χ1n) is 6.51. The summed E-state index contributed by atoms with van der Waals surface area (Å²) in [5, 5.41) is 9.11. The van der Waals surface area contributed by atoms with Gasteiger partial charge in [0, 0.05) is 32.4 Å². The Bertz CT molecular complexity index is 544. The fourth-order valence-electron chi connectivity index (χ4n) is 2.26. The summed E-state index contributed by atoms with van der Waals surface area (Å²) in [6.07, 6.45) is 2.45. The zero-order valence-electron chi connectivity index (χ0n) is 11.6. The molecule has 1 amide bonds. The molecule has 0 aromatic carbocycles. The Morgan fingerprint density at radius 2 is 2.05 bits per heavy atom. The van der Waals surface area contributed by atoms with Crippen LogP contribution in [0.1, 0.15) is 24.2 Å². The topological polar surface area (TPSA) is 60.2 Å². The number of hydrogen-bond donors (Lipinski definition) is 0. The van der Waals surface area contributed by atoms with E-state index in [1.165, 1.54) is 12.3 Å². The maximum atomic E-state index is 13.6. The third kappa shape index (κ3) is 2.78. The van der Waals surface area contributed by atoms with Crippen LogP contribution in [0, 0.1) is 17.1 Å². The minimum Gasteiger partial charge on any atom is -0.336 e. The number of carbonyl (C=O) groups excluding carboxylic acids is 1. The van der Waals surface area contributed by atoms with Gasteiger partial charge in [-0.1, -0.05) is 0 Å². The molecule has 0 unspecified atom stereocenters. The molecule has 1 fully saturated rings. The predicted octanol–water partition coefficient (Wildman–Crippen LogP) is 1.28. The van der Waals surface area contributed by atoms with E-state index in [1.54, 1.807) is 4.90 Å². The van der Waals surface area contributed by atoms with Crippen LogP contribution in [0.2, 0.25) is 0 Å². The van der Waals surface area contributed by atoms with Crippen molar-refractivity contribution in [2.45, 2.75) is 19.4 Å². The van der Waals surface area contributed by atoms with Crippen molar-refractivity contribution in [1.82, 2.24) is 14.8 Å². The third-order valence-electron chi connectivity index (χ3n) is 3.63. The summed E-state index contributed by atoms with van der Waals surface area (Å²) in [5.74, 6) is -0.920. The minimum absolute atomic E-state index is 0.0491. The van der Waals surface area contributed by atoms with Gasteiger partial charge in [-0.3, -0.25) is 14.7 Å². The number of aromatic nitrogens is 1. The Morgan fingerprint density at radius 1 is 1.40 bits per heavy atom. The number of carbonyl (C=O) groups is 1. The fourth-order valence-corrected chi connectivity index (χ4v) is 2.26. The number of nitriles is 1. The predicted molar refractivity (Wildman–Crippen MR) is 71.4 cm³/mol. The van der Waals surface area contributed by atoms with Gasteiger partial charge in [-0.05, 0) is 19.9 Å². The van der Waals surface area contributed by atoms with Crippen molar-refractivity contribution < 1.29 is 9.18 Å². The maximum Gasteiger partial charge on any atom is 0.257 e. The molecule has 20 heavy (non-hydrogen) atoms. The lowest BCUT2D eigenvalue weighted by molar-refractivity contribution is 0.0517. The smallest absolute Gasteiger partial charge is 0.257 e. The van der Waals surface area contributed by atoms with Crippen molar-refractivity contribution in [3.8, 4) is 6.07 Å².